The third-order valence-electron chi connectivity index (χ3n) is 3.35. The molecular weight excluding hydrogens is 286 g/mol. The highest BCUT2D eigenvalue weighted by Crippen LogP contribution is 2.18. The highest BCUT2D eigenvalue weighted by Gasteiger charge is 2.15. The van der Waals surface area contributed by atoms with Crippen LogP contribution < -0.4 is 16.0 Å². The Kier molecular flexibility index (Phi) is 4.14. The zero-order valence-corrected chi connectivity index (χ0v) is 12.9. The van der Waals surface area contributed by atoms with E-state index in [1.807, 2.05) is 13.1 Å². The highest BCUT2D eigenvalue weighted by molar-refractivity contribution is 7.11. The average molecular weight is 305 g/mol. The Morgan fingerprint density at radius 3 is 2.76 bits per heavy atom. The van der Waals surface area contributed by atoms with E-state index in [0.29, 0.717) is 18.4 Å². The van der Waals surface area contributed by atoms with Crippen LogP contribution in [0.25, 0.3) is 0 Å². The number of aryl methyl sites for hydroxylation is 1. The highest BCUT2D eigenvalue weighted by atomic mass is 32.1. The first-order valence-electron chi connectivity index (χ1n) is 7.12. The van der Waals surface area contributed by atoms with Gasteiger partial charge in [0.05, 0.1) is 6.54 Å². The van der Waals surface area contributed by atoms with Gasteiger partial charge >= 0.3 is 0 Å². The van der Waals surface area contributed by atoms with Gasteiger partial charge in [0.1, 0.15) is 5.01 Å². The quantitative estimate of drug-likeness (QED) is 0.890. The first-order chi connectivity index (χ1) is 10.2. The monoisotopic (exact) mass is 305 g/mol. The van der Waals surface area contributed by atoms with Crippen molar-refractivity contribution < 1.29 is 0 Å². The maximum atomic E-state index is 5.80. The lowest BCUT2D eigenvalue weighted by atomic mass is 10.1. The summed E-state index contributed by atoms with van der Waals surface area (Å²) < 4.78 is 0. The molecule has 8 heteroatoms. The molecule has 3 N–H and O–H groups in total. The number of nitrogens with two attached hydrogens (primary N) is 1. The Balaban J connectivity index is 1.71. The maximum Gasteiger partial charge on any atom is 0.231 e. The molecule has 0 bridgehead atoms. The summed E-state index contributed by atoms with van der Waals surface area (Å²) in [7, 11) is 0. The second-order valence-corrected chi connectivity index (χ2v) is 6.40. The van der Waals surface area contributed by atoms with E-state index in [2.05, 4.69) is 30.2 Å². The van der Waals surface area contributed by atoms with E-state index in [4.69, 9.17) is 5.73 Å². The Morgan fingerprint density at radius 2 is 2.05 bits per heavy atom. The fraction of sp³-hybridized carbons (Fsp3) is 0.538. The lowest BCUT2D eigenvalue weighted by molar-refractivity contribution is 0.568. The number of anilines is 3. The lowest BCUT2D eigenvalue weighted by Gasteiger charge is -2.26. The summed E-state index contributed by atoms with van der Waals surface area (Å²) in [6.07, 6.45) is 5.48. The minimum absolute atomic E-state index is 0.253. The van der Waals surface area contributed by atoms with E-state index in [1.54, 1.807) is 11.3 Å². The van der Waals surface area contributed by atoms with Gasteiger partial charge < -0.3 is 16.0 Å². The first kappa shape index (κ1) is 14.0. The summed E-state index contributed by atoms with van der Waals surface area (Å²) in [6.45, 7) is 4.60. The van der Waals surface area contributed by atoms with Crippen molar-refractivity contribution in [1.29, 1.82) is 0 Å². The molecule has 0 spiro atoms. The van der Waals surface area contributed by atoms with E-state index in [9.17, 15) is 0 Å². The number of nitrogens with one attached hydrogen (secondary N) is 1. The van der Waals surface area contributed by atoms with Crippen LogP contribution in [0.15, 0.2) is 6.20 Å². The van der Waals surface area contributed by atoms with Crippen LogP contribution in [0.1, 0.15) is 29.1 Å². The summed E-state index contributed by atoms with van der Waals surface area (Å²) in [5.74, 6) is 1.43. The summed E-state index contributed by atoms with van der Waals surface area (Å²) in [5.41, 5.74) is 5.80. The van der Waals surface area contributed by atoms with Gasteiger partial charge in [-0.05, 0) is 26.2 Å². The molecule has 0 amide bonds. The molecule has 0 saturated carbocycles. The van der Waals surface area contributed by atoms with Crippen LogP contribution in [0.3, 0.4) is 0 Å². The maximum absolute atomic E-state index is 5.80. The SMILES string of the molecule is Cc1cnc(CNc2nc(N)nc(N3CCCCC3)n2)s1. The van der Waals surface area contributed by atoms with Gasteiger partial charge in [-0.25, -0.2) is 4.98 Å². The van der Waals surface area contributed by atoms with Gasteiger partial charge in [0.25, 0.3) is 0 Å². The van der Waals surface area contributed by atoms with E-state index in [-0.39, 0.29) is 5.95 Å². The average Bonchev–Trinajstić information content (AvgIpc) is 2.91. The Labute approximate surface area is 127 Å². The van der Waals surface area contributed by atoms with Gasteiger partial charge in [0.2, 0.25) is 17.8 Å². The molecule has 1 aliphatic rings. The van der Waals surface area contributed by atoms with Gasteiger partial charge in [-0.2, -0.15) is 15.0 Å². The zero-order chi connectivity index (χ0) is 14.7. The second-order valence-electron chi connectivity index (χ2n) is 5.08. The molecule has 1 aliphatic heterocycles. The van der Waals surface area contributed by atoms with Crippen molar-refractivity contribution in [2.24, 2.45) is 0 Å². The topological polar surface area (TPSA) is 92.8 Å². The van der Waals surface area contributed by atoms with Crippen LogP contribution in [0.2, 0.25) is 0 Å². The van der Waals surface area contributed by atoms with Crippen molar-refractivity contribution in [3.8, 4) is 0 Å². The van der Waals surface area contributed by atoms with Crippen molar-refractivity contribution in [1.82, 2.24) is 19.9 Å². The third-order valence-corrected chi connectivity index (χ3v) is 4.26. The van der Waals surface area contributed by atoms with Gasteiger partial charge in [-0.15, -0.1) is 11.3 Å². The minimum Gasteiger partial charge on any atom is -0.368 e. The largest absolute Gasteiger partial charge is 0.368 e. The molecule has 3 heterocycles. The molecular formula is C13H19N7S. The molecule has 7 nitrogen and oxygen atoms in total. The summed E-state index contributed by atoms with van der Waals surface area (Å²) >= 11 is 1.66. The Morgan fingerprint density at radius 1 is 1.24 bits per heavy atom. The van der Waals surface area contributed by atoms with Crippen molar-refractivity contribution in [2.75, 3.05) is 29.0 Å². The number of aromatic nitrogens is 4. The predicted octanol–water partition coefficient (Wildman–Crippen LogP) is 1.82. The number of thiazole rings is 1. The standard InChI is InChI=1S/C13H19N7S/c1-9-7-15-10(21-9)8-16-12-17-11(14)18-13(19-12)20-5-3-2-4-6-20/h7H,2-6,8H2,1H3,(H3,14,16,17,18,19). The molecule has 0 atom stereocenters. The number of nitrogen functional groups attached to an aromatic ring is 1. The van der Waals surface area contributed by atoms with Crippen molar-refractivity contribution in [3.05, 3.63) is 16.1 Å². The Hall–Kier alpha value is -1.96. The molecule has 3 rings (SSSR count). The smallest absolute Gasteiger partial charge is 0.231 e. The van der Waals surface area contributed by atoms with Gasteiger partial charge in [0, 0.05) is 24.2 Å². The number of hydrogen-bond acceptors (Lipinski definition) is 8. The van der Waals surface area contributed by atoms with Crippen LogP contribution in [0.4, 0.5) is 17.8 Å². The van der Waals surface area contributed by atoms with Crippen LogP contribution in [-0.4, -0.2) is 33.0 Å². The first-order valence-corrected chi connectivity index (χ1v) is 7.94. The number of nitrogens with zero attached hydrogens (tertiary/aromatic N) is 5. The molecule has 1 saturated heterocycles. The van der Waals surface area contributed by atoms with Crippen LogP contribution in [-0.2, 0) is 6.54 Å². The lowest BCUT2D eigenvalue weighted by Crippen LogP contribution is -2.31. The molecule has 0 aliphatic carbocycles. The number of piperidine rings is 1. The van der Waals surface area contributed by atoms with E-state index in [1.165, 1.54) is 24.1 Å². The molecule has 2 aromatic rings. The molecule has 0 radical (unpaired) electrons. The summed E-state index contributed by atoms with van der Waals surface area (Å²) in [5, 5.41) is 4.18. The minimum atomic E-state index is 0.253. The number of hydrogen-bond donors (Lipinski definition) is 2. The van der Waals surface area contributed by atoms with Gasteiger partial charge in [0.15, 0.2) is 0 Å². The molecule has 112 valence electrons. The van der Waals surface area contributed by atoms with Crippen LogP contribution >= 0.6 is 11.3 Å². The van der Waals surface area contributed by atoms with Crippen molar-refractivity contribution in [2.45, 2.75) is 32.7 Å². The Bertz CT molecular complexity index is 606. The summed E-state index contributed by atoms with van der Waals surface area (Å²) in [4.78, 5) is 20.5. The second kappa shape index (κ2) is 6.21. The van der Waals surface area contributed by atoms with Gasteiger partial charge in [-0.3, -0.25) is 0 Å². The number of rotatable bonds is 4. The van der Waals surface area contributed by atoms with Crippen molar-refractivity contribution in [3.63, 3.8) is 0 Å². The zero-order valence-electron chi connectivity index (χ0n) is 12.0. The molecule has 21 heavy (non-hydrogen) atoms. The normalized spacial score (nSPS) is 15.2. The fourth-order valence-electron chi connectivity index (χ4n) is 2.33. The predicted molar refractivity (Wildman–Crippen MR) is 84.5 cm³/mol. The molecule has 0 aromatic carbocycles. The third kappa shape index (κ3) is 3.57. The van der Waals surface area contributed by atoms with Gasteiger partial charge in [-0.1, -0.05) is 0 Å². The molecule has 2 aromatic heterocycles. The molecule has 1 fully saturated rings. The van der Waals surface area contributed by atoms with Crippen LogP contribution in [0, 0.1) is 6.92 Å². The van der Waals surface area contributed by atoms with E-state index in [0.717, 1.165) is 18.1 Å². The van der Waals surface area contributed by atoms with Crippen molar-refractivity contribution >= 4 is 29.2 Å². The van der Waals surface area contributed by atoms with E-state index < -0.39 is 0 Å². The van der Waals surface area contributed by atoms with E-state index >= 15 is 0 Å². The fourth-order valence-corrected chi connectivity index (χ4v) is 3.06. The summed E-state index contributed by atoms with van der Waals surface area (Å²) in [6, 6.07) is 0. The van der Waals surface area contributed by atoms with Crippen LogP contribution in [0.5, 0.6) is 0 Å². The molecule has 0 unspecified atom stereocenters.